The van der Waals surface area contributed by atoms with E-state index in [1.54, 1.807) is 0 Å². The average molecular weight is 324 g/mol. The molecular weight excluding hydrogens is 298 g/mol. The van der Waals surface area contributed by atoms with Gasteiger partial charge in [0.1, 0.15) is 0 Å². The Bertz CT molecular complexity index is 365. The molecule has 1 aliphatic rings. The quantitative estimate of drug-likeness (QED) is 0.725. The van der Waals surface area contributed by atoms with E-state index >= 15 is 0 Å². The normalized spacial score (nSPS) is 20.8. The largest absolute Gasteiger partial charge is 0.307 e. The number of hydrogen-bond donors (Lipinski definition) is 1. The molecule has 1 saturated carbocycles. The summed E-state index contributed by atoms with van der Waals surface area (Å²) in [5.74, 6) is 0.861. The predicted octanol–water partition coefficient (Wildman–Crippen LogP) is 5.46. The highest BCUT2D eigenvalue weighted by molar-refractivity contribution is 9.10. The van der Waals surface area contributed by atoms with Crippen molar-refractivity contribution in [3.05, 3.63) is 34.3 Å². The van der Waals surface area contributed by atoms with Gasteiger partial charge >= 0.3 is 0 Å². The molecule has 1 fully saturated rings. The van der Waals surface area contributed by atoms with Crippen LogP contribution in [0.15, 0.2) is 28.7 Å². The van der Waals surface area contributed by atoms with Crippen LogP contribution in [0.1, 0.15) is 64.0 Å². The Morgan fingerprint density at radius 2 is 1.58 bits per heavy atom. The van der Waals surface area contributed by atoms with Crippen molar-refractivity contribution < 1.29 is 0 Å². The number of halogens is 1. The summed E-state index contributed by atoms with van der Waals surface area (Å²) >= 11 is 3.50. The van der Waals surface area contributed by atoms with Gasteiger partial charge in [-0.1, -0.05) is 53.7 Å². The summed E-state index contributed by atoms with van der Waals surface area (Å²) in [6, 6.07) is 9.74. The molecule has 0 aromatic heterocycles. The zero-order chi connectivity index (χ0) is 13.7. The zero-order valence-electron chi connectivity index (χ0n) is 12.2. The van der Waals surface area contributed by atoms with Crippen molar-refractivity contribution in [1.82, 2.24) is 5.32 Å². The minimum Gasteiger partial charge on any atom is -0.307 e. The van der Waals surface area contributed by atoms with Gasteiger partial charge in [0.25, 0.3) is 0 Å². The van der Waals surface area contributed by atoms with E-state index in [1.807, 2.05) is 0 Å². The van der Waals surface area contributed by atoms with Crippen LogP contribution < -0.4 is 5.32 Å². The molecule has 0 saturated heterocycles. The van der Waals surface area contributed by atoms with Gasteiger partial charge in [0.15, 0.2) is 0 Å². The van der Waals surface area contributed by atoms with Crippen molar-refractivity contribution in [2.75, 3.05) is 0 Å². The fourth-order valence-electron chi connectivity index (χ4n) is 3.19. The van der Waals surface area contributed by atoms with E-state index in [9.17, 15) is 0 Å². The van der Waals surface area contributed by atoms with E-state index < -0.39 is 0 Å². The third-order valence-corrected chi connectivity index (χ3v) is 5.02. The maximum absolute atomic E-state index is 3.80. The SMILES string of the molecule is CC(N[C@@H](C)C1CCCCCC1)c1ccc(Br)cc1. The molecular formula is C17H26BrN. The van der Waals surface area contributed by atoms with Gasteiger partial charge in [-0.25, -0.2) is 0 Å². The maximum Gasteiger partial charge on any atom is 0.0294 e. The third-order valence-electron chi connectivity index (χ3n) is 4.49. The Morgan fingerprint density at radius 1 is 1.00 bits per heavy atom. The molecule has 0 heterocycles. The second kappa shape index (κ2) is 7.44. The molecule has 2 atom stereocenters. The summed E-state index contributed by atoms with van der Waals surface area (Å²) in [5, 5.41) is 3.80. The van der Waals surface area contributed by atoms with Crippen molar-refractivity contribution in [1.29, 1.82) is 0 Å². The number of nitrogens with one attached hydrogen (secondary N) is 1. The van der Waals surface area contributed by atoms with Gasteiger partial charge in [0, 0.05) is 16.6 Å². The lowest BCUT2D eigenvalue weighted by Gasteiger charge is -2.27. The number of hydrogen-bond acceptors (Lipinski definition) is 1. The maximum atomic E-state index is 3.80. The highest BCUT2D eigenvalue weighted by Gasteiger charge is 2.20. The topological polar surface area (TPSA) is 12.0 Å². The van der Waals surface area contributed by atoms with Gasteiger partial charge in [-0.2, -0.15) is 0 Å². The Hall–Kier alpha value is -0.340. The number of benzene rings is 1. The Kier molecular flexibility index (Phi) is 5.90. The van der Waals surface area contributed by atoms with Gasteiger partial charge in [0.05, 0.1) is 0 Å². The first-order valence-electron chi connectivity index (χ1n) is 7.68. The monoisotopic (exact) mass is 323 g/mol. The first-order chi connectivity index (χ1) is 9.16. The molecule has 106 valence electrons. The van der Waals surface area contributed by atoms with Crippen LogP contribution in [0.4, 0.5) is 0 Å². The predicted molar refractivity (Wildman–Crippen MR) is 86.3 cm³/mol. The molecule has 0 amide bonds. The van der Waals surface area contributed by atoms with Crippen LogP contribution in [-0.4, -0.2) is 6.04 Å². The molecule has 1 N–H and O–H groups in total. The second-order valence-electron chi connectivity index (χ2n) is 5.98. The van der Waals surface area contributed by atoms with Crippen LogP contribution in [0.5, 0.6) is 0 Å². The lowest BCUT2D eigenvalue weighted by molar-refractivity contribution is 0.316. The van der Waals surface area contributed by atoms with Gasteiger partial charge in [0.2, 0.25) is 0 Å². The summed E-state index contributed by atoms with van der Waals surface area (Å²) in [6.45, 7) is 4.64. The molecule has 0 spiro atoms. The molecule has 1 unspecified atom stereocenters. The van der Waals surface area contributed by atoms with Crippen LogP contribution in [0.3, 0.4) is 0 Å². The van der Waals surface area contributed by atoms with Gasteiger partial charge in [-0.05, 0) is 50.3 Å². The van der Waals surface area contributed by atoms with E-state index in [2.05, 4.69) is 59.4 Å². The van der Waals surface area contributed by atoms with E-state index in [1.165, 1.54) is 44.1 Å². The minimum absolute atomic E-state index is 0.436. The molecule has 1 aromatic carbocycles. The van der Waals surface area contributed by atoms with Crippen molar-refractivity contribution in [3.8, 4) is 0 Å². The Balaban J connectivity index is 1.89. The Labute approximate surface area is 126 Å². The van der Waals surface area contributed by atoms with Gasteiger partial charge in [-0.3, -0.25) is 0 Å². The average Bonchev–Trinajstić information content (AvgIpc) is 2.68. The summed E-state index contributed by atoms with van der Waals surface area (Å²) in [4.78, 5) is 0. The molecule has 1 aromatic rings. The lowest BCUT2D eigenvalue weighted by Crippen LogP contribution is -2.35. The summed E-state index contributed by atoms with van der Waals surface area (Å²) in [7, 11) is 0. The van der Waals surface area contributed by atoms with Crippen molar-refractivity contribution in [3.63, 3.8) is 0 Å². The van der Waals surface area contributed by atoms with E-state index in [0.717, 1.165) is 10.4 Å². The van der Waals surface area contributed by atoms with Crippen molar-refractivity contribution in [2.45, 2.75) is 64.5 Å². The smallest absolute Gasteiger partial charge is 0.0294 e. The third kappa shape index (κ3) is 4.61. The van der Waals surface area contributed by atoms with Crippen molar-refractivity contribution in [2.24, 2.45) is 5.92 Å². The van der Waals surface area contributed by atoms with Crippen LogP contribution in [-0.2, 0) is 0 Å². The zero-order valence-corrected chi connectivity index (χ0v) is 13.7. The molecule has 1 nitrogen and oxygen atoms in total. The van der Waals surface area contributed by atoms with E-state index in [4.69, 9.17) is 0 Å². The summed E-state index contributed by atoms with van der Waals surface area (Å²) in [6.07, 6.45) is 8.52. The summed E-state index contributed by atoms with van der Waals surface area (Å²) < 4.78 is 1.15. The first-order valence-corrected chi connectivity index (χ1v) is 8.47. The van der Waals surface area contributed by atoms with Gasteiger partial charge < -0.3 is 5.32 Å². The molecule has 2 rings (SSSR count). The molecule has 1 aliphatic carbocycles. The van der Waals surface area contributed by atoms with Crippen molar-refractivity contribution >= 4 is 15.9 Å². The first kappa shape index (κ1) is 15.1. The lowest BCUT2D eigenvalue weighted by atomic mass is 9.92. The number of rotatable bonds is 4. The van der Waals surface area contributed by atoms with E-state index in [0.29, 0.717) is 12.1 Å². The molecule has 0 radical (unpaired) electrons. The van der Waals surface area contributed by atoms with Crippen LogP contribution in [0.25, 0.3) is 0 Å². The fraction of sp³-hybridized carbons (Fsp3) is 0.647. The molecule has 0 aliphatic heterocycles. The van der Waals surface area contributed by atoms with E-state index in [-0.39, 0.29) is 0 Å². The fourth-order valence-corrected chi connectivity index (χ4v) is 3.45. The minimum atomic E-state index is 0.436. The highest BCUT2D eigenvalue weighted by atomic mass is 79.9. The summed E-state index contributed by atoms with van der Waals surface area (Å²) in [5.41, 5.74) is 1.38. The van der Waals surface area contributed by atoms with Crippen LogP contribution >= 0.6 is 15.9 Å². The standard InChI is InChI=1S/C17H26BrN/c1-13(15-7-5-3-4-6-8-15)19-14(2)16-9-11-17(18)12-10-16/h9-15,19H,3-8H2,1-2H3/t13-,14?/m0/s1. The second-order valence-corrected chi connectivity index (χ2v) is 6.90. The Morgan fingerprint density at radius 3 is 2.16 bits per heavy atom. The molecule has 0 bridgehead atoms. The molecule has 2 heteroatoms. The highest BCUT2D eigenvalue weighted by Crippen LogP contribution is 2.27. The van der Waals surface area contributed by atoms with Crippen LogP contribution in [0.2, 0.25) is 0 Å². The van der Waals surface area contributed by atoms with Gasteiger partial charge in [-0.15, -0.1) is 0 Å². The van der Waals surface area contributed by atoms with Crippen LogP contribution in [0, 0.1) is 5.92 Å². The molecule has 19 heavy (non-hydrogen) atoms.